The number of piperidine rings is 1. The fraction of sp³-hybridized carbons (Fsp3) is 0.667. The Balaban J connectivity index is 2.00. The zero-order chi connectivity index (χ0) is 10.7. The number of likely N-dealkylation sites (tertiary alicyclic amines) is 1. The van der Waals surface area contributed by atoms with Crippen molar-refractivity contribution in [2.45, 2.75) is 24.6 Å². The van der Waals surface area contributed by atoms with Crippen LogP contribution in [0.1, 0.15) is 30.3 Å². The van der Waals surface area contributed by atoms with Gasteiger partial charge in [-0.25, -0.2) is 0 Å². The van der Waals surface area contributed by atoms with Gasteiger partial charge in [0.1, 0.15) is 5.69 Å². The maximum Gasteiger partial charge on any atom is 0.246 e. The second-order valence-electron chi connectivity index (χ2n) is 3.58. The number of carbonyl (C=O) groups excluding carboxylic acids is 1. The molecule has 15 heavy (non-hydrogen) atoms. The van der Waals surface area contributed by atoms with E-state index in [4.69, 9.17) is 11.6 Å². The van der Waals surface area contributed by atoms with E-state index >= 15 is 0 Å². The normalized spacial score (nSPS) is 18.9. The van der Waals surface area contributed by atoms with E-state index in [9.17, 15) is 4.79 Å². The lowest BCUT2D eigenvalue weighted by atomic mass is 10.1. The Kier molecular flexibility index (Phi) is 3.53. The highest BCUT2D eigenvalue weighted by molar-refractivity contribution is 7.03. The van der Waals surface area contributed by atoms with Gasteiger partial charge in [-0.1, -0.05) is 4.49 Å². The first-order valence-electron chi connectivity index (χ1n) is 4.99. The maximum atomic E-state index is 11.9. The number of nitrogens with zero attached hydrogens (tertiary/aromatic N) is 3. The predicted molar refractivity (Wildman–Crippen MR) is 58.9 cm³/mol. The second kappa shape index (κ2) is 4.90. The molecule has 1 unspecified atom stereocenters. The van der Waals surface area contributed by atoms with E-state index in [1.165, 1.54) is 18.0 Å². The van der Waals surface area contributed by atoms with Crippen molar-refractivity contribution < 1.29 is 4.79 Å². The molecule has 0 bridgehead atoms. The molecule has 1 saturated heterocycles. The van der Waals surface area contributed by atoms with Crippen LogP contribution in [0.4, 0.5) is 0 Å². The minimum absolute atomic E-state index is 0.0379. The molecule has 1 aromatic rings. The van der Waals surface area contributed by atoms with Gasteiger partial charge in [0, 0.05) is 18.5 Å². The van der Waals surface area contributed by atoms with Crippen molar-refractivity contribution in [3.8, 4) is 0 Å². The molecule has 82 valence electrons. The fourth-order valence-electron chi connectivity index (χ4n) is 1.68. The Labute approximate surface area is 97.4 Å². The van der Waals surface area contributed by atoms with Gasteiger partial charge < -0.3 is 4.90 Å². The van der Waals surface area contributed by atoms with E-state index in [0.717, 1.165) is 25.9 Å². The van der Waals surface area contributed by atoms with Gasteiger partial charge in [-0.15, -0.1) is 16.7 Å². The van der Waals surface area contributed by atoms with Gasteiger partial charge in [0.2, 0.25) is 5.91 Å². The molecule has 1 aliphatic heterocycles. The van der Waals surface area contributed by atoms with E-state index < -0.39 is 5.38 Å². The molecule has 2 heterocycles. The van der Waals surface area contributed by atoms with Crippen molar-refractivity contribution in [1.29, 1.82) is 0 Å². The smallest absolute Gasteiger partial charge is 0.246 e. The molecule has 0 saturated carbocycles. The molecule has 4 nitrogen and oxygen atoms in total. The van der Waals surface area contributed by atoms with E-state index in [-0.39, 0.29) is 5.91 Å². The van der Waals surface area contributed by atoms with Crippen LogP contribution < -0.4 is 0 Å². The third kappa shape index (κ3) is 2.46. The summed E-state index contributed by atoms with van der Waals surface area (Å²) in [5.41, 5.74) is 0.567. The summed E-state index contributed by atoms with van der Waals surface area (Å²) in [7, 11) is 0. The van der Waals surface area contributed by atoms with Crippen molar-refractivity contribution in [1.82, 2.24) is 14.5 Å². The molecule has 1 amide bonds. The lowest BCUT2D eigenvalue weighted by Crippen LogP contribution is -2.37. The van der Waals surface area contributed by atoms with Crippen LogP contribution in [0.5, 0.6) is 0 Å². The summed E-state index contributed by atoms with van der Waals surface area (Å²) in [6, 6.07) is 0. The molecule has 1 fully saturated rings. The molecule has 1 aromatic heterocycles. The van der Waals surface area contributed by atoms with Gasteiger partial charge in [0.25, 0.3) is 0 Å². The Morgan fingerprint density at radius 2 is 2.20 bits per heavy atom. The van der Waals surface area contributed by atoms with Gasteiger partial charge in [0.05, 0.1) is 0 Å². The first-order valence-corrected chi connectivity index (χ1v) is 6.26. The predicted octanol–water partition coefficient (Wildman–Crippen LogP) is 1.83. The summed E-state index contributed by atoms with van der Waals surface area (Å²) in [5.74, 6) is -0.0379. The van der Waals surface area contributed by atoms with Gasteiger partial charge >= 0.3 is 0 Å². The number of hydrogen-bond acceptors (Lipinski definition) is 4. The van der Waals surface area contributed by atoms with E-state index in [1.54, 1.807) is 5.38 Å². The molecule has 0 N–H and O–H groups in total. The van der Waals surface area contributed by atoms with Gasteiger partial charge in [-0.3, -0.25) is 4.79 Å². The quantitative estimate of drug-likeness (QED) is 0.747. The Morgan fingerprint density at radius 3 is 2.80 bits per heavy atom. The molecule has 1 aliphatic rings. The third-order valence-corrected chi connectivity index (χ3v) is 3.45. The lowest BCUT2D eigenvalue weighted by Gasteiger charge is -2.27. The third-order valence-electron chi connectivity index (χ3n) is 2.52. The van der Waals surface area contributed by atoms with Gasteiger partial charge in [-0.05, 0) is 30.8 Å². The first-order chi connectivity index (χ1) is 7.29. The average molecular weight is 246 g/mol. The molecule has 0 aliphatic carbocycles. The van der Waals surface area contributed by atoms with Crippen molar-refractivity contribution >= 4 is 29.0 Å². The van der Waals surface area contributed by atoms with Gasteiger partial charge in [-0.2, -0.15) is 0 Å². The number of rotatable bonds is 2. The molecule has 0 radical (unpaired) electrons. The molecule has 6 heteroatoms. The van der Waals surface area contributed by atoms with Crippen molar-refractivity contribution in [2.75, 3.05) is 13.1 Å². The average Bonchev–Trinajstić information content (AvgIpc) is 2.82. The van der Waals surface area contributed by atoms with E-state index in [0.29, 0.717) is 5.69 Å². The monoisotopic (exact) mass is 245 g/mol. The maximum absolute atomic E-state index is 11.9. The SMILES string of the molecule is O=C(C(Cl)c1csnn1)N1CCCCC1. The van der Waals surface area contributed by atoms with Gasteiger partial charge in [0.15, 0.2) is 5.38 Å². The highest BCUT2D eigenvalue weighted by atomic mass is 35.5. The summed E-state index contributed by atoms with van der Waals surface area (Å²) in [6.45, 7) is 1.64. The molecule has 0 spiro atoms. The number of alkyl halides is 1. The zero-order valence-corrected chi connectivity index (χ0v) is 9.80. The number of halogens is 1. The molecule has 1 atom stereocenters. The topological polar surface area (TPSA) is 46.1 Å². The molecule has 2 rings (SSSR count). The highest BCUT2D eigenvalue weighted by Crippen LogP contribution is 2.23. The van der Waals surface area contributed by atoms with Crippen LogP contribution in [0.15, 0.2) is 5.38 Å². The van der Waals surface area contributed by atoms with Crippen LogP contribution >= 0.6 is 23.1 Å². The summed E-state index contributed by atoms with van der Waals surface area (Å²) in [4.78, 5) is 13.7. The summed E-state index contributed by atoms with van der Waals surface area (Å²) in [5, 5.41) is 4.88. The number of carbonyl (C=O) groups is 1. The Morgan fingerprint density at radius 1 is 1.47 bits per heavy atom. The number of hydrogen-bond donors (Lipinski definition) is 0. The molecular weight excluding hydrogens is 234 g/mol. The minimum atomic E-state index is -0.665. The van der Waals surface area contributed by atoms with Crippen LogP contribution in [0.3, 0.4) is 0 Å². The molecular formula is C9H12ClN3OS. The Hall–Kier alpha value is -0.680. The van der Waals surface area contributed by atoms with E-state index in [2.05, 4.69) is 9.59 Å². The zero-order valence-electron chi connectivity index (χ0n) is 8.23. The number of aromatic nitrogens is 2. The largest absolute Gasteiger partial charge is 0.341 e. The Bertz CT molecular complexity index is 324. The summed E-state index contributed by atoms with van der Waals surface area (Å²) < 4.78 is 3.71. The lowest BCUT2D eigenvalue weighted by molar-refractivity contribution is -0.131. The van der Waals surface area contributed by atoms with Crippen LogP contribution in [0.2, 0.25) is 0 Å². The van der Waals surface area contributed by atoms with E-state index in [1.807, 2.05) is 4.90 Å². The summed E-state index contributed by atoms with van der Waals surface area (Å²) in [6.07, 6.45) is 3.35. The van der Waals surface area contributed by atoms with Crippen LogP contribution in [0, 0.1) is 0 Å². The van der Waals surface area contributed by atoms with Crippen molar-refractivity contribution in [3.05, 3.63) is 11.1 Å². The van der Waals surface area contributed by atoms with Crippen molar-refractivity contribution in [2.24, 2.45) is 0 Å². The minimum Gasteiger partial charge on any atom is -0.341 e. The second-order valence-corrected chi connectivity index (χ2v) is 4.62. The van der Waals surface area contributed by atoms with Crippen LogP contribution in [-0.4, -0.2) is 33.5 Å². The van der Waals surface area contributed by atoms with Crippen molar-refractivity contribution in [3.63, 3.8) is 0 Å². The first kappa shape index (κ1) is 10.8. The standard InChI is InChI=1S/C9H12ClN3OS/c10-8(7-6-15-12-11-7)9(14)13-4-2-1-3-5-13/h6,8H,1-5H2. The highest BCUT2D eigenvalue weighted by Gasteiger charge is 2.26. The number of amides is 1. The molecule has 0 aromatic carbocycles. The van der Waals surface area contributed by atoms with Crippen LogP contribution in [-0.2, 0) is 4.79 Å². The fourth-order valence-corrected chi connectivity index (χ4v) is 2.48. The van der Waals surface area contributed by atoms with Crippen LogP contribution in [0.25, 0.3) is 0 Å². The summed E-state index contributed by atoms with van der Waals surface area (Å²) >= 11 is 7.26.